The number of rotatable bonds is 1. The number of aliphatic hydroxyl groups is 4. The van der Waals surface area contributed by atoms with Crippen LogP contribution in [0.1, 0.15) is 0 Å². The first kappa shape index (κ1) is 9.40. The second-order valence-corrected chi connectivity index (χ2v) is 2.72. The summed E-state index contributed by atoms with van der Waals surface area (Å²) >= 11 is 0. The standard InChI is InChI=1S/C6H11NO5/c8-1-2-3(9)4(10)5(11)6(12)7-2/h2-5,8-11H,1H2,(H,7,12)/t2-,3-,4+,5+/m1/s1. The van der Waals surface area contributed by atoms with Crippen molar-refractivity contribution in [2.45, 2.75) is 24.4 Å². The maximum absolute atomic E-state index is 10.8. The monoisotopic (exact) mass is 177 g/mol. The number of piperidine rings is 1. The lowest BCUT2D eigenvalue weighted by molar-refractivity contribution is -0.155. The van der Waals surface area contributed by atoms with Crippen LogP contribution in [0.25, 0.3) is 0 Å². The Kier molecular flexibility index (Phi) is 2.63. The number of hydrogen-bond donors (Lipinski definition) is 5. The molecular formula is C6H11NO5. The molecule has 1 heterocycles. The summed E-state index contributed by atoms with van der Waals surface area (Å²) in [5.41, 5.74) is 0. The van der Waals surface area contributed by atoms with Gasteiger partial charge in [-0.1, -0.05) is 0 Å². The highest BCUT2D eigenvalue weighted by Crippen LogP contribution is 2.10. The van der Waals surface area contributed by atoms with Crippen LogP contribution >= 0.6 is 0 Å². The van der Waals surface area contributed by atoms with Gasteiger partial charge < -0.3 is 25.7 Å². The van der Waals surface area contributed by atoms with Gasteiger partial charge in [0.05, 0.1) is 12.6 Å². The molecule has 5 N–H and O–H groups in total. The lowest BCUT2D eigenvalue weighted by Gasteiger charge is -2.34. The van der Waals surface area contributed by atoms with Crippen molar-refractivity contribution in [2.75, 3.05) is 6.61 Å². The molecule has 6 nitrogen and oxygen atoms in total. The fourth-order valence-electron chi connectivity index (χ4n) is 1.09. The largest absolute Gasteiger partial charge is 0.394 e. The Morgan fingerprint density at radius 1 is 1.25 bits per heavy atom. The van der Waals surface area contributed by atoms with Gasteiger partial charge in [0.2, 0.25) is 0 Å². The van der Waals surface area contributed by atoms with Crippen molar-refractivity contribution in [1.29, 1.82) is 0 Å². The molecule has 1 rings (SSSR count). The molecular weight excluding hydrogens is 166 g/mol. The topological polar surface area (TPSA) is 110 Å². The smallest absolute Gasteiger partial charge is 0.252 e. The average molecular weight is 177 g/mol. The third-order valence-corrected chi connectivity index (χ3v) is 1.88. The van der Waals surface area contributed by atoms with Crippen LogP contribution in [0.5, 0.6) is 0 Å². The molecule has 0 aliphatic carbocycles. The molecule has 0 saturated carbocycles. The number of aliphatic hydroxyl groups excluding tert-OH is 4. The van der Waals surface area contributed by atoms with E-state index in [4.69, 9.17) is 20.4 Å². The van der Waals surface area contributed by atoms with Gasteiger partial charge in [-0.15, -0.1) is 0 Å². The molecule has 1 fully saturated rings. The fraction of sp³-hybridized carbons (Fsp3) is 0.833. The van der Waals surface area contributed by atoms with E-state index < -0.39 is 36.9 Å². The molecule has 1 aliphatic rings. The third kappa shape index (κ3) is 1.42. The molecule has 4 atom stereocenters. The minimum atomic E-state index is -1.62. The third-order valence-electron chi connectivity index (χ3n) is 1.88. The fourth-order valence-corrected chi connectivity index (χ4v) is 1.09. The summed E-state index contributed by atoms with van der Waals surface area (Å²) in [5.74, 6) is -0.785. The Bertz CT molecular complexity index is 183. The SMILES string of the molecule is O=C1N[C@H](CO)[C@@H](O)[C@H](O)[C@@H]1O. The van der Waals surface area contributed by atoms with Crippen LogP contribution < -0.4 is 5.32 Å². The number of carbonyl (C=O) groups excluding carboxylic acids is 1. The minimum absolute atomic E-state index is 0.476. The molecule has 1 saturated heterocycles. The van der Waals surface area contributed by atoms with Crippen LogP contribution in [-0.4, -0.2) is 57.3 Å². The summed E-state index contributed by atoms with van der Waals surface area (Å²) in [4.78, 5) is 10.8. The Labute approximate surface area is 68.4 Å². The molecule has 12 heavy (non-hydrogen) atoms. The molecule has 0 unspecified atom stereocenters. The first-order valence-electron chi connectivity index (χ1n) is 3.53. The summed E-state index contributed by atoms with van der Waals surface area (Å²) < 4.78 is 0. The summed E-state index contributed by atoms with van der Waals surface area (Å²) in [6, 6.07) is -0.907. The summed E-state index contributed by atoms with van der Waals surface area (Å²) in [5, 5.41) is 37.9. The van der Waals surface area contributed by atoms with Gasteiger partial charge in [0.1, 0.15) is 12.2 Å². The average Bonchev–Trinajstić information content (AvgIpc) is 2.08. The van der Waals surface area contributed by atoms with Crippen LogP contribution in [-0.2, 0) is 4.79 Å². The van der Waals surface area contributed by atoms with E-state index in [2.05, 4.69) is 5.32 Å². The highest BCUT2D eigenvalue weighted by Gasteiger charge is 2.40. The van der Waals surface area contributed by atoms with Crippen LogP contribution in [0.3, 0.4) is 0 Å². The van der Waals surface area contributed by atoms with E-state index >= 15 is 0 Å². The van der Waals surface area contributed by atoms with Gasteiger partial charge in [-0.3, -0.25) is 4.79 Å². The first-order chi connectivity index (χ1) is 5.57. The Balaban J connectivity index is 2.70. The highest BCUT2D eigenvalue weighted by atomic mass is 16.4. The van der Waals surface area contributed by atoms with E-state index in [1.807, 2.05) is 0 Å². The Morgan fingerprint density at radius 3 is 2.33 bits per heavy atom. The van der Waals surface area contributed by atoms with E-state index in [9.17, 15) is 4.79 Å². The van der Waals surface area contributed by atoms with Gasteiger partial charge in [-0.2, -0.15) is 0 Å². The van der Waals surface area contributed by atoms with E-state index in [1.54, 1.807) is 0 Å². The number of nitrogens with one attached hydrogen (secondary N) is 1. The van der Waals surface area contributed by atoms with Crippen LogP contribution in [0.4, 0.5) is 0 Å². The molecule has 1 aliphatic heterocycles. The predicted molar refractivity (Wildman–Crippen MR) is 37.0 cm³/mol. The number of hydrogen-bond acceptors (Lipinski definition) is 5. The summed E-state index contributed by atoms with van der Waals surface area (Å²) in [6.45, 7) is -0.476. The lowest BCUT2D eigenvalue weighted by Crippen LogP contribution is -2.63. The summed E-state index contributed by atoms with van der Waals surface area (Å²) in [7, 11) is 0. The van der Waals surface area contributed by atoms with Crippen molar-refractivity contribution in [3.63, 3.8) is 0 Å². The van der Waals surface area contributed by atoms with Crippen molar-refractivity contribution in [2.24, 2.45) is 0 Å². The maximum Gasteiger partial charge on any atom is 0.252 e. The number of carbonyl (C=O) groups is 1. The predicted octanol–water partition coefficient (Wildman–Crippen LogP) is -3.44. The zero-order chi connectivity index (χ0) is 9.30. The highest BCUT2D eigenvalue weighted by molar-refractivity contribution is 5.82. The first-order valence-corrected chi connectivity index (χ1v) is 3.53. The normalized spacial score (nSPS) is 42.5. The van der Waals surface area contributed by atoms with Crippen LogP contribution in [0.15, 0.2) is 0 Å². The van der Waals surface area contributed by atoms with Gasteiger partial charge in [0.15, 0.2) is 6.10 Å². The minimum Gasteiger partial charge on any atom is -0.394 e. The van der Waals surface area contributed by atoms with Crippen molar-refractivity contribution >= 4 is 5.91 Å². The zero-order valence-electron chi connectivity index (χ0n) is 6.21. The molecule has 0 aromatic carbocycles. The lowest BCUT2D eigenvalue weighted by atomic mass is 9.96. The molecule has 6 heteroatoms. The molecule has 0 aromatic rings. The Morgan fingerprint density at radius 2 is 1.83 bits per heavy atom. The quantitative estimate of drug-likeness (QED) is 0.286. The van der Waals surface area contributed by atoms with Gasteiger partial charge >= 0.3 is 0 Å². The van der Waals surface area contributed by atoms with Crippen LogP contribution in [0, 0.1) is 0 Å². The van der Waals surface area contributed by atoms with Crippen molar-refractivity contribution < 1.29 is 25.2 Å². The van der Waals surface area contributed by atoms with Gasteiger partial charge in [0.25, 0.3) is 5.91 Å². The van der Waals surface area contributed by atoms with Crippen LogP contribution in [0.2, 0.25) is 0 Å². The van der Waals surface area contributed by atoms with Gasteiger partial charge in [0, 0.05) is 0 Å². The summed E-state index contributed by atoms with van der Waals surface area (Å²) in [6.07, 6.45) is -4.48. The second-order valence-electron chi connectivity index (χ2n) is 2.72. The van der Waals surface area contributed by atoms with Gasteiger partial charge in [-0.05, 0) is 0 Å². The molecule has 0 spiro atoms. The van der Waals surface area contributed by atoms with Gasteiger partial charge in [-0.25, -0.2) is 0 Å². The molecule has 70 valence electrons. The molecule has 0 bridgehead atoms. The van der Waals surface area contributed by atoms with E-state index in [0.717, 1.165) is 0 Å². The second kappa shape index (κ2) is 3.36. The van der Waals surface area contributed by atoms with Crippen molar-refractivity contribution in [1.82, 2.24) is 5.32 Å². The molecule has 0 radical (unpaired) electrons. The van der Waals surface area contributed by atoms with E-state index in [-0.39, 0.29) is 0 Å². The van der Waals surface area contributed by atoms with E-state index in [0.29, 0.717) is 0 Å². The molecule has 1 amide bonds. The van der Waals surface area contributed by atoms with E-state index in [1.165, 1.54) is 0 Å². The zero-order valence-corrected chi connectivity index (χ0v) is 6.21. The van der Waals surface area contributed by atoms with Crippen molar-refractivity contribution in [3.8, 4) is 0 Å². The Hall–Kier alpha value is -0.690. The maximum atomic E-state index is 10.8. The van der Waals surface area contributed by atoms with Crippen molar-refractivity contribution in [3.05, 3.63) is 0 Å². The number of amides is 1. The molecule has 0 aromatic heterocycles.